The van der Waals surface area contributed by atoms with Crippen LogP contribution < -0.4 is 20.1 Å². The number of carbonyl (C=O) groups is 1. The molecule has 1 aliphatic heterocycles. The van der Waals surface area contributed by atoms with Gasteiger partial charge in [0, 0.05) is 17.7 Å². The van der Waals surface area contributed by atoms with Crippen LogP contribution in [0, 0.1) is 6.92 Å². The van der Waals surface area contributed by atoms with Gasteiger partial charge in [-0.05, 0) is 54.7 Å². The Balaban J connectivity index is 1.64. The molecule has 34 heavy (non-hydrogen) atoms. The van der Waals surface area contributed by atoms with E-state index in [-0.39, 0.29) is 17.5 Å². The molecule has 6 heteroatoms. The highest BCUT2D eigenvalue weighted by molar-refractivity contribution is 6.01. The number of allylic oxidation sites excluding steroid dienone is 1. The molecule has 0 fully saturated rings. The van der Waals surface area contributed by atoms with Crippen LogP contribution in [0.15, 0.2) is 71.9 Å². The van der Waals surface area contributed by atoms with Crippen LogP contribution in [0.5, 0.6) is 17.2 Å². The first-order valence-corrected chi connectivity index (χ1v) is 11.4. The Morgan fingerprint density at radius 2 is 1.53 bits per heavy atom. The molecule has 3 aromatic carbocycles. The molecule has 2 unspecified atom stereocenters. The zero-order valence-corrected chi connectivity index (χ0v) is 19.5. The molecule has 3 aromatic rings. The Hall–Kier alpha value is -3.93. The average molecular weight is 457 g/mol. The smallest absolute Gasteiger partial charge is 0.200 e. The molecule has 174 valence electrons. The van der Waals surface area contributed by atoms with Crippen LogP contribution in [0.3, 0.4) is 0 Å². The molecule has 0 spiro atoms. The molecule has 0 saturated carbocycles. The third kappa shape index (κ3) is 3.85. The second kappa shape index (κ2) is 8.78. The van der Waals surface area contributed by atoms with Gasteiger partial charge >= 0.3 is 0 Å². The minimum atomic E-state index is -0.430. The number of rotatable bonds is 4. The summed E-state index contributed by atoms with van der Waals surface area (Å²) in [4.78, 5) is 13.7. The largest absolute Gasteiger partial charge is 0.502 e. The zero-order valence-electron chi connectivity index (χ0n) is 19.5. The minimum absolute atomic E-state index is 0.0653. The first-order chi connectivity index (χ1) is 16.5. The second-order valence-electron chi connectivity index (χ2n) is 8.85. The number of carbonyl (C=O) groups excluding carboxylic acids is 1. The third-order valence-electron chi connectivity index (χ3n) is 6.69. The number of methoxy groups -OCH3 is 2. The van der Waals surface area contributed by atoms with E-state index in [1.807, 2.05) is 24.3 Å². The molecule has 0 amide bonds. The number of nitrogens with one attached hydrogen (secondary N) is 2. The summed E-state index contributed by atoms with van der Waals surface area (Å²) >= 11 is 0. The number of ether oxygens (including phenoxy) is 2. The van der Waals surface area contributed by atoms with Gasteiger partial charge in [0.1, 0.15) is 0 Å². The van der Waals surface area contributed by atoms with Crippen molar-refractivity contribution in [2.24, 2.45) is 0 Å². The number of Topliss-reactive ketones (excluding diaryl/α,β-unsaturated/α-hetero) is 1. The maximum Gasteiger partial charge on any atom is 0.200 e. The van der Waals surface area contributed by atoms with Crippen molar-refractivity contribution in [3.8, 4) is 17.2 Å². The first-order valence-electron chi connectivity index (χ1n) is 11.4. The average Bonchev–Trinajstić information content (AvgIpc) is 3.01. The maximum atomic E-state index is 13.7. The van der Waals surface area contributed by atoms with Gasteiger partial charge in [0.05, 0.1) is 31.6 Å². The van der Waals surface area contributed by atoms with Crippen LogP contribution >= 0.6 is 0 Å². The van der Waals surface area contributed by atoms with Gasteiger partial charge in [0.15, 0.2) is 17.3 Å². The molecule has 5 rings (SSSR count). The number of fused-ring (bicyclic) bond motifs is 1. The van der Waals surface area contributed by atoms with Crippen molar-refractivity contribution in [1.29, 1.82) is 0 Å². The fourth-order valence-corrected chi connectivity index (χ4v) is 4.90. The lowest BCUT2D eigenvalue weighted by Gasteiger charge is -2.30. The van der Waals surface area contributed by atoms with Crippen molar-refractivity contribution in [1.82, 2.24) is 0 Å². The molecule has 3 N–H and O–H groups in total. The van der Waals surface area contributed by atoms with E-state index in [1.165, 1.54) is 25.3 Å². The topological polar surface area (TPSA) is 79.8 Å². The quantitative estimate of drug-likeness (QED) is 0.468. The lowest BCUT2D eigenvalue weighted by molar-refractivity contribution is -0.116. The summed E-state index contributed by atoms with van der Waals surface area (Å²) in [6, 6.07) is 19.5. The predicted molar refractivity (Wildman–Crippen MR) is 133 cm³/mol. The Morgan fingerprint density at radius 1 is 0.882 bits per heavy atom. The minimum Gasteiger partial charge on any atom is -0.502 e. The number of aryl methyl sites for hydroxylation is 1. The predicted octanol–water partition coefficient (Wildman–Crippen LogP) is 5.70. The lowest BCUT2D eigenvalue weighted by atomic mass is 9.78. The van der Waals surface area contributed by atoms with E-state index in [0.29, 0.717) is 23.5 Å². The molecule has 6 nitrogen and oxygen atoms in total. The molecule has 2 atom stereocenters. The molecule has 1 aliphatic carbocycles. The summed E-state index contributed by atoms with van der Waals surface area (Å²) in [7, 11) is 3.00. The van der Waals surface area contributed by atoms with Gasteiger partial charge in [-0.25, -0.2) is 0 Å². The van der Waals surface area contributed by atoms with Crippen molar-refractivity contribution in [2.75, 3.05) is 24.9 Å². The van der Waals surface area contributed by atoms with E-state index in [4.69, 9.17) is 9.47 Å². The molecule has 0 radical (unpaired) electrons. The van der Waals surface area contributed by atoms with Gasteiger partial charge < -0.3 is 25.2 Å². The molecule has 0 aromatic heterocycles. The number of aromatic hydroxyl groups is 1. The molecule has 0 bridgehead atoms. The lowest BCUT2D eigenvalue weighted by Crippen LogP contribution is -2.27. The maximum absolute atomic E-state index is 13.7. The van der Waals surface area contributed by atoms with Crippen LogP contribution in [-0.2, 0) is 4.79 Å². The van der Waals surface area contributed by atoms with Gasteiger partial charge in [0.25, 0.3) is 0 Å². The number of phenolic OH excluding ortho intramolecular Hbond substituents is 1. The highest BCUT2D eigenvalue weighted by Gasteiger charge is 2.36. The number of phenols is 1. The van der Waals surface area contributed by atoms with Crippen LogP contribution in [0.1, 0.15) is 41.5 Å². The van der Waals surface area contributed by atoms with Gasteiger partial charge in [-0.3, -0.25) is 4.79 Å². The van der Waals surface area contributed by atoms with Crippen molar-refractivity contribution in [3.63, 3.8) is 0 Å². The summed E-state index contributed by atoms with van der Waals surface area (Å²) in [5, 5.41) is 17.5. The fourth-order valence-electron chi connectivity index (χ4n) is 4.90. The summed E-state index contributed by atoms with van der Waals surface area (Å²) in [6.45, 7) is 2.07. The molecule has 2 aliphatic rings. The summed E-state index contributed by atoms with van der Waals surface area (Å²) < 4.78 is 10.8. The van der Waals surface area contributed by atoms with Crippen molar-refractivity contribution < 1.29 is 19.4 Å². The number of hydrogen-bond acceptors (Lipinski definition) is 6. The summed E-state index contributed by atoms with van der Waals surface area (Å²) in [5.74, 6) is 0.725. The Kier molecular flexibility index (Phi) is 5.65. The van der Waals surface area contributed by atoms with E-state index in [0.717, 1.165) is 29.1 Å². The van der Waals surface area contributed by atoms with Crippen LogP contribution in [0.4, 0.5) is 11.4 Å². The first kappa shape index (κ1) is 21.9. The van der Waals surface area contributed by atoms with Gasteiger partial charge in [-0.2, -0.15) is 0 Å². The molecular weight excluding hydrogens is 428 g/mol. The van der Waals surface area contributed by atoms with E-state index in [1.54, 1.807) is 12.1 Å². The van der Waals surface area contributed by atoms with Crippen LogP contribution in [-0.4, -0.2) is 25.1 Å². The van der Waals surface area contributed by atoms with Crippen LogP contribution in [0.2, 0.25) is 0 Å². The highest BCUT2D eigenvalue weighted by Crippen LogP contribution is 2.47. The molecule has 1 heterocycles. The normalized spacial score (nSPS) is 19.3. The van der Waals surface area contributed by atoms with Gasteiger partial charge in [0.2, 0.25) is 5.75 Å². The van der Waals surface area contributed by atoms with E-state index < -0.39 is 6.04 Å². The number of anilines is 2. The van der Waals surface area contributed by atoms with E-state index >= 15 is 0 Å². The number of ketones is 1. The number of benzene rings is 3. The van der Waals surface area contributed by atoms with Crippen molar-refractivity contribution >= 4 is 17.2 Å². The summed E-state index contributed by atoms with van der Waals surface area (Å²) in [5.41, 5.74) is 6.58. The van der Waals surface area contributed by atoms with Crippen LogP contribution in [0.25, 0.3) is 0 Å². The fraction of sp³-hybridized carbons (Fsp3) is 0.250. The monoisotopic (exact) mass is 456 g/mol. The zero-order chi connectivity index (χ0) is 23.8. The standard InChI is InChI=1S/C28H28N2O4/c1-16-8-10-17(11-9-16)18-12-22-26(23(31)13-18)27(30-21-7-5-4-6-20(21)29-22)19-14-24(33-2)28(32)25(15-19)34-3/h4-11,14-15,18,27,29-30,32H,12-13H2,1-3H3. The summed E-state index contributed by atoms with van der Waals surface area (Å²) in [6.07, 6.45) is 1.16. The Morgan fingerprint density at radius 3 is 2.18 bits per heavy atom. The SMILES string of the molecule is COc1cc(C2Nc3ccccc3NC3=C2C(=O)CC(c2ccc(C)cc2)C3)cc(OC)c1O. The van der Waals surface area contributed by atoms with Crippen molar-refractivity contribution in [2.45, 2.75) is 31.7 Å². The van der Waals surface area contributed by atoms with Gasteiger partial charge in [-0.1, -0.05) is 42.0 Å². The third-order valence-corrected chi connectivity index (χ3v) is 6.69. The van der Waals surface area contributed by atoms with Crippen molar-refractivity contribution in [3.05, 3.63) is 88.6 Å². The highest BCUT2D eigenvalue weighted by atomic mass is 16.5. The molecular formula is C28H28N2O4. The molecule has 0 saturated heterocycles. The second-order valence-corrected chi connectivity index (χ2v) is 8.85. The van der Waals surface area contributed by atoms with E-state index in [2.05, 4.69) is 41.8 Å². The number of hydrogen-bond donors (Lipinski definition) is 3. The van der Waals surface area contributed by atoms with Gasteiger partial charge in [-0.15, -0.1) is 0 Å². The Labute approximate surface area is 199 Å². The number of para-hydroxylation sites is 2. The van der Waals surface area contributed by atoms with E-state index in [9.17, 15) is 9.90 Å². The Bertz CT molecular complexity index is 1250.